The highest BCUT2D eigenvalue weighted by Gasteiger charge is 2.14. The molecular formula is C16H25N3O2. The minimum Gasteiger partial charge on any atom is -0.325 e. The van der Waals surface area contributed by atoms with Crippen molar-refractivity contribution in [2.45, 2.75) is 58.0 Å². The quantitative estimate of drug-likeness (QED) is 0.844. The molecule has 1 atom stereocenters. The van der Waals surface area contributed by atoms with E-state index in [-0.39, 0.29) is 11.5 Å². The van der Waals surface area contributed by atoms with Crippen LogP contribution in [0.1, 0.15) is 45.4 Å². The molecule has 2 rings (SSSR count). The largest absolute Gasteiger partial charge is 0.325 e. The molecule has 0 bridgehead atoms. The minimum absolute atomic E-state index is 0.0177. The van der Waals surface area contributed by atoms with Crippen molar-refractivity contribution in [3.05, 3.63) is 28.7 Å². The fourth-order valence-electron chi connectivity index (χ4n) is 2.72. The van der Waals surface area contributed by atoms with Gasteiger partial charge in [0, 0.05) is 31.3 Å². The molecule has 1 unspecified atom stereocenters. The van der Waals surface area contributed by atoms with Crippen molar-refractivity contribution in [3.8, 4) is 0 Å². The molecule has 0 radical (unpaired) electrons. The number of hydrogen-bond donors (Lipinski definition) is 2. The van der Waals surface area contributed by atoms with Gasteiger partial charge in [-0.05, 0) is 38.3 Å². The lowest BCUT2D eigenvalue weighted by molar-refractivity contribution is -0.116. The number of aromatic nitrogens is 1. The van der Waals surface area contributed by atoms with Gasteiger partial charge in [0.25, 0.3) is 5.56 Å². The number of amides is 1. The number of nitrogens with zero attached hydrogens (tertiary/aromatic N) is 1. The van der Waals surface area contributed by atoms with Crippen molar-refractivity contribution in [3.63, 3.8) is 0 Å². The summed E-state index contributed by atoms with van der Waals surface area (Å²) in [5.41, 5.74) is 0.672. The predicted molar refractivity (Wildman–Crippen MR) is 84.5 cm³/mol. The highest BCUT2D eigenvalue weighted by Crippen LogP contribution is 2.12. The van der Waals surface area contributed by atoms with Crippen molar-refractivity contribution >= 4 is 11.6 Å². The molecule has 116 valence electrons. The van der Waals surface area contributed by atoms with Crippen molar-refractivity contribution in [2.24, 2.45) is 0 Å². The molecule has 0 aliphatic carbocycles. The van der Waals surface area contributed by atoms with Crippen LogP contribution in [0, 0.1) is 0 Å². The first-order valence-corrected chi connectivity index (χ1v) is 7.93. The van der Waals surface area contributed by atoms with Crippen LogP contribution in [0.5, 0.6) is 0 Å². The first-order valence-electron chi connectivity index (χ1n) is 7.93. The summed E-state index contributed by atoms with van der Waals surface area (Å²) < 4.78 is 1.64. The fourth-order valence-corrected chi connectivity index (χ4v) is 2.72. The van der Waals surface area contributed by atoms with E-state index in [1.165, 1.54) is 18.9 Å². The van der Waals surface area contributed by atoms with Gasteiger partial charge in [0.05, 0.1) is 5.69 Å². The predicted octanol–water partition coefficient (Wildman–Crippen LogP) is 2.12. The number of pyridine rings is 1. The van der Waals surface area contributed by atoms with E-state index < -0.39 is 0 Å². The summed E-state index contributed by atoms with van der Waals surface area (Å²) in [6.45, 7) is 3.76. The monoisotopic (exact) mass is 291 g/mol. The second-order valence-corrected chi connectivity index (χ2v) is 5.68. The third-order valence-electron chi connectivity index (χ3n) is 3.86. The average molecular weight is 291 g/mol. The number of hydrogen-bond acceptors (Lipinski definition) is 3. The van der Waals surface area contributed by atoms with Gasteiger partial charge >= 0.3 is 0 Å². The Balaban J connectivity index is 1.84. The van der Waals surface area contributed by atoms with E-state index in [2.05, 4.69) is 10.6 Å². The van der Waals surface area contributed by atoms with E-state index in [0.29, 0.717) is 24.7 Å². The summed E-state index contributed by atoms with van der Waals surface area (Å²) in [4.78, 5) is 23.6. The number of carbonyl (C=O) groups is 1. The Hall–Kier alpha value is -1.62. The van der Waals surface area contributed by atoms with Gasteiger partial charge < -0.3 is 15.2 Å². The van der Waals surface area contributed by atoms with Gasteiger partial charge in [-0.15, -0.1) is 0 Å². The van der Waals surface area contributed by atoms with Crippen molar-refractivity contribution in [2.75, 3.05) is 11.9 Å². The third-order valence-corrected chi connectivity index (χ3v) is 3.86. The first kappa shape index (κ1) is 15.8. The van der Waals surface area contributed by atoms with Crippen LogP contribution in [-0.2, 0) is 11.3 Å². The highest BCUT2D eigenvalue weighted by molar-refractivity contribution is 5.90. The van der Waals surface area contributed by atoms with Gasteiger partial charge in [-0.3, -0.25) is 9.59 Å². The fraction of sp³-hybridized carbons (Fsp3) is 0.625. The molecule has 5 heteroatoms. The van der Waals surface area contributed by atoms with E-state index in [9.17, 15) is 9.59 Å². The number of aryl methyl sites for hydroxylation is 1. The summed E-state index contributed by atoms with van der Waals surface area (Å²) in [5, 5.41) is 6.33. The van der Waals surface area contributed by atoms with E-state index >= 15 is 0 Å². The van der Waals surface area contributed by atoms with Crippen LogP contribution in [0.3, 0.4) is 0 Å². The van der Waals surface area contributed by atoms with Crippen LogP contribution in [-0.4, -0.2) is 23.1 Å². The van der Waals surface area contributed by atoms with Gasteiger partial charge in [0.2, 0.25) is 5.91 Å². The minimum atomic E-state index is -0.0266. The third kappa shape index (κ3) is 5.01. The molecule has 1 aromatic rings. The molecular weight excluding hydrogens is 266 g/mol. The molecule has 2 N–H and O–H groups in total. The molecule has 1 amide bonds. The van der Waals surface area contributed by atoms with Crippen LogP contribution < -0.4 is 16.2 Å². The molecule has 0 spiro atoms. The lowest BCUT2D eigenvalue weighted by Gasteiger charge is -2.23. The van der Waals surface area contributed by atoms with Crippen LogP contribution in [0.4, 0.5) is 5.69 Å². The van der Waals surface area contributed by atoms with Crippen molar-refractivity contribution < 1.29 is 4.79 Å². The zero-order chi connectivity index (χ0) is 15.1. The second kappa shape index (κ2) is 7.98. The topological polar surface area (TPSA) is 63.1 Å². The molecule has 0 aromatic carbocycles. The summed E-state index contributed by atoms with van der Waals surface area (Å²) in [6.07, 6.45) is 7.66. The Labute approximate surface area is 125 Å². The smallest absolute Gasteiger partial charge is 0.250 e. The zero-order valence-corrected chi connectivity index (χ0v) is 12.7. The summed E-state index contributed by atoms with van der Waals surface area (Å²) in [6, 6.07) is 3.65. The average Bonchev–Trinajstić information content (AvgIpc) is 2.50. The Bertz CT molecular complexity index is 518. The maximum absolute atomic E-state index is 12.0. The van der Waals surface area contributed by atoms with E-state index in [4.69, 9.17) is 0 Å². The molecule has 5 nitrogen and oxygen atoms in total. The van der Waals surface area contributed by atoms with Crippen LogP contribution >= 0.6 is 0 Å². The zero-order valence-electron chi connectivity index (χ0n) is 12.7. The SMILES string of the molecule is CCCn1cc(NC(=O)CCC2CCCCN2)ccc1=O. The van der Waals surface area contributed by atoms with Gasteiger partial charge in [0.15, 0.2) is 0 Å². The number of piperidine rings is 1. The molecule has 1 aliphatic heterocycles. The number of carbonyl (C=O) groups excluding carboxylic acids is 1. The Morgan fingerprint density at radius 2 is 2.29 bits per heavy atom. The van der Waals surface area contributed by atoms with Crippen LogP contribution in [0.15, 0.2) is 23.1 Å². The lowest BCUT2D eigenvalue weighted by Crippen LogP contribution is -2.34. The van der Waals surface area contributed by atoms with E-state index in [0.717, 1.165) is 25.8 Å². The Morgan fingerprint density at radius 3 is 3.00 bits per heavy atom. The van der Waals surface area contributed by atoms with Crippen molar-refractivity contribution in [1.82, 2.24) is 9.88 Å². The standard InChI is InChI=1S/C16H25N3O2/c1-2-11-19-12-14(7-9-16(19)21)18-15(20)8-6-13-5-3-4-10-17-13/h7,9,12-13,17H,2-6,8,10-11H2,1H3,(H,18,20). The van der Waals surface area contributed by atoms with E-state index in [1.54, 1.807) is 16.8 Å². The molecule has 0 saturated carbocycles. The molecule has 21 heavy (non-hydrogen) atoms. The number of anilines is 1. The summed E-state index contributed by atoms with van der Waals surface area (Å²) in [5.74, 6) is 0.0177. The maximum Gasteiger partial charge on any atom is 0.250 e. The summed E-state index contributed by atoms with van der Waals surface area (Å²) in [7, 11) is 0. The molecule has 1 saturated heterocycles. The summed E-state index contributed by atoms with van der Waals surface area (Å²) >= 11 is 0. The van der Waals surface area contributed by atoms with Crippen LogP contribution in [0.2, 0.25) is 0 Å². The molecule has 2 heterocycles. The molecule has 1 fully saturated rings. The van der Waals surface area contributed by atoms with Crippen LogP contribution in [0.25, 0.3) is 0 Å². The lowest BCUT2D eigenvalue weighted by atomic mass is 10.0. The van der Waals surface area contributed by atoms with E-state index in [1.807, 2.05) is 6.92 Å². The van der Waals surface area contributed by atoms with Gasteiger partial charge in [-0.1, -0.05) is 13.3 Å². The first-order chi connectivity index (χ1) is 10.2. The maximum atomic E-state index is 12.0. The van der Waals surface area contributed by atoms with Gasteiger partial charge in [0.1, 0.15) is 0 Å². The number of rotatable bonds is 6. The molecule has 1 aromatic heterocycles. The van der Waals surface area contributed by atoms with Gasteiger partial charge in [-0.2, -0.15) is 0 Å². The van der Waals surface area contributed by atoms with Crippen molar-refractivity contribution in [1.29, 1.82) is 0 Å². The molecule has 1 aliphatic rings. The van der Waals surface area contributed by atoms with Gasteiger partial charge in [-0.25, -0.2) is 0 Å². The Kier molecular flexibility index (Phi) is 5.99. The normalized spacial score (nSPS) is 18.4. The number of nitrogens with one attached hydrogen (secondary N) is 2. The Morgan fingerprint density at radius 1 is 1.43 bits per heavy atom. The second-order valence-electron chi connectivity index (χ2n) is 5.68. The highest BCUT2D eigenvalue weighted by atomic mass is 16.1.